The second-order valence-electron chi connectivity index (χ2n) is 6.25. The van der Waals surface area contributed by atoms with Crippen molar-refractivity contribution in [1.29, 1.82) is 0 Å². The summed E-state index contributed by atoms with van der Waals surface area (Å²) in [6.07, 6.45) is 0.459. The average Bonchev–Trinajstić information content (AvgIpc) is 2.73. The van der Waals surface area contributed by atoms with Crippen LogP contribution >= 0.6 is 0 Å². The molecular weight excluding hydrogens is 399 g/mol. The molecule has 9 heteroatoms. The Morgan fingerprint density at radius 2 is 1.63 bits per heavy atom. The highest BCUT2D eigenvalue weighted by molar-refractivity contribution is 6.04. The number of nitrogens with one attached hydrogen (secondary N) is 1. The second kappa shape index (κ2) is 9.84. The van der Waals surface area contributed by atoms with Crippen molar-refractivity contribution in [2.45, 2.75) is 19.4 Å². The molecule has 0 fully saturated rings. The zero-order valence-corrected chi connectivity index (χ0v) is 15.7. The van der Waals surface area contributed by atoms with E-state index in [1.807, 2.05) is 12.1 Å². The van der Waals surface area contributed by atoms with Crippen LogP contribution in [-0.2, 0) is 18.0 Å². The van der Waals surface area contributed by atoms with E-state index in [2.05, 4.69) is 20.0 Å². The minimum atomic E-state index is -4.38. The molecule has 1 amide bonds. The van der Waals surface area contributed by atoms with Crippen LogP contribution in [0.15, 0.2) is 67.1 Å². The first-order valence-corrected chi connectivity index (χ1v) is 8.92. The molecule has 30 heavy (non-hydrogen) atoms. The van der Waals surface area contributed by atoms with Gasteiger partial charge in [-0.25, -0.2) is 4.98 Å². The molecule has 0 spiro atoms. The second-order valence-corrected chi connectivity index (χ2v) is 6.25. The van der Waals surface area contributed by atoms with Gasteiger partial charge in [-0.2, -0.15) is 13.2 Å². The first-order valence-electron chi connectivity index (χ1n) is 8.92. The van der Waals surface area contributed by atoms with Crippen molar-refractivity contribution in [2.75, 3.05) is 11.9 Å². The third-order valence-electron chi connectivity index (χ3n) is 3.90. The molecule has 0 radical (unpaired) electrons. The van der Waals surface area contributed by atoms with Gasteiger partial charge in [-0.1, -0.05) is 12.1 Å². The number of anilines is 1. The maximum absolute atomic E-state index is 12.5. The largest absolute Gasteiger partial charge is 0.485 e. The van der Waals surface area contributed by atoms with E-state index >= 15 is 0 Å². The number of benzene rings is 1. The van der Waals surface area contributed by atoms with Gasteiger partial charge < -0.3 is 14.8 Å². The number of ether oxygens (including phenoxy) is 2. The number of pyridine rings is 2. The number of carbonyl (C=O) groups is 1. The maximum Gasteiger partial charge on any atom is 0.411 e. The summed E-state index contributed by atoms with van der Waals surface area (Å²) in [7, 11) is 0. The molecule has 0 unspecified atom stereocenters. The van der Waals surface area contributed by atoms with Gasteiger partial charge >= 0.3 is 6.18 Å². The van der Waals surface area contributed by atoms with Crippen LogP contribution in [0.5, 0.6) is 5.75 Å². The normalized spacial score (nSPS) is 11.2. The van der Waals surface area contributed by atoms with Crippen molar-refractivity contribution in [3.63, 3.8) is 0 Å². The number of hydrogen-bond acceptors (Lipinski definition) is 5. The molecule has 2 aromatic heterocycles. The van der Waals surface area contributed by atoms with Crippen LogP contribution in [0.4, 0.5) is 19.0 Å². The van der Waals surface area contributed by atoms with Crippen molar-refractivity contribution >= 4 is 11.7 Å². The summed E-state index contributed by atoms with van der Waals surface area (Å²) >= 11 is 0. The van der Waals surface area contributed by atoms with Gasteiger partial charge in [0.1, 0.15) is 13.2 Å². The first-order chi connectivity index (χ1) is 14.4. The molecule has 0 aliphatic rings. The fraction of sp³-hybridized carbons (Fsp3) is 0.190. The third-order valence-corrected chi connectivity index (χ3v) is 3.90. The lowest BCUT2D eigenvalue weighted by molar-refractivity contribution is -0.176. The minimum Gasteiger partial charge on any atom is -0.485 e. The number of rotatable bonds is 8. The summed E-state index contributed by atoms with van der Waals surface area (Å²) in [4.78, 5) is 20.6. The molecule has 0 aliphatic heterocycles. The standard InChI is InChI=1S/C21H18F3N3O3/c22-21(23,24)14-29-12-15-3-5-17(6-4-15)20(28)27-19-18(2-1-9-26-19)30-13-16-7-10-25-11-8-16/h1-11H,12-14H2,(H,26,27,28). The Hall–Kier alpha value is -3.46. The SMILES string of the molecule is O=C(Nc1ncccc1OCc1ccncc1)c1ccc(COCC(F)(F)F)cc1. The Morgan fingerprint density at radius 1 is 0.933 bits per heavy atom. The predicted octanol–water partition coefficient (Wildman–Crippen LogP) is 4.39. The minimum absolute atomic E-state index is 0.200. The lowest BCUT2D eigenvalue weighted by Crippen LogP contribution is -2.17. The van der Waals surface area contributed by atoms with Crippen LogP contribution in [0.2, 0.25) is 0 Å². The van der Waals surface area contributed by atoms with E-state index in [0.717, 1.165) is 5.56 Å². The molecule has 2 heterocycles. The number of nitrogens with zero attached hydrogens (tertiary/aromatic N) is 2. The quantitative estimate of drug-likeness (QED) is 0.589. The van der Waals surface area contributed by atoms with Crippen LogP contribution in [-0.4, -0.2) is 28.7 Å². The van der Waals surface area contributed by atoms with Crippen LogP contribution in [0.3, 0.4) is 0 Å². The van der Waals surface area contributed by atoms with E-state index in [1.165, 1.54) is 30.5 Å². The van der Waals surface area contributed by atoms with Gasteiger partial charge in [0, 0.05) is 24.2 Å². The molecule has 3 aromatic rings. The monoisotopic (exact) mass is 417 g/mol. The molecule has 0 saturated heterocycles. The Bertz CT molecular complexity index is 964. The fourth-order valence-corrected chi connectivity index (χ4v) is 2.46. The van der Waals surface area contributed by atoms with E-state index in [9.17, 15) is 18.0 Å². The Kier molecular flexibility index (Phi) is 6.97. The third kappa shape index (κ3) is 6.56. The highest BCUT2D eigenvalue weighted by atomic mass is 19.4. The van der Waals surface area contributed by atoms with E-state index in [4.69, 9.17) is 4.74 Å². The molecule has 156 valence electrons. The molecule has 1 aromatic carbocycles. The molecule has 0 bridgehead atoms. The lowest BCUT2D eigenvalue weighted by atomic mass is 10.1. The van der Waals surface area contributed by atoms with Crippen molar-refractivity contribution in [1.82, 2.24) is 9.97 Å². The Labute approximate surface area is 170 Å². The average molecular weight is 417 g/mol. The number of aromatic nitrogens is 2. The lowest BCUT2D eigenvalue weighted by Gasteiger charge is -2.12. The maximum atomic E-state index is 12.5. The molecule has 1 N–H and O–H groups in total. The number of hydrogen-bond donors (Lipinski definition) is 1. The number of alkyl halides is 3. The van der Waals surface area contributed by atoms with Crippen molar-refractivity contribution in [3.05, 3.63) is 83.8 Å². The number of carbonyl (C=O) groups excluding carboxylic acids is 1. The van der Waals surface area contributed by atoms with Gasteiger partial charge in [0.25, 0.3) is 5.91 Å². The zero-order chi connectivity index (χ0) is 21.4. The summed E-state index contributed by atoms with van der Waals surface area (Å²) in [6, 6.07) is 13.1. The van der Waals surface area contributed by atoms with Gasteiger partial charge in [-0.15, -0.1) is 0 Å². The topological polar surface area (TPSA) is 73.3 Å². The molecule has 0 saturated carbocycles. The number of halogens is 3. The molecule has 6 nitrogen and oxygen atoms in total. The van der Waals surface area contributed by atoms with E-state index in [-0.39, 0.29) is 19.0 Å². The molecule has 3 rings (SSSR count). The van der Waals surface area contributed by atoms with Gasteiger partial charge in [0.05, 0.1) is 6.61 Å². The van der Waals surface area contributed by atoms with E-state index in [0.29, 0.717) is 16.9 Å². The van der Waals surface area contributed by atoms with Crippen LogP contribution < -0.4 is 10.1 Å². The fourth-order valence-electron chi connectivity index (χ4n) is 2.46. The molecule has 0 atom stereocenters. The van der Waals surface area contributed by atoms with Crippen LogP contribution in [0.25, 0.3) is 0 Å². The van der Waals surface area contributed by atoms with Crippen LogP contribution in [0, 0.1) is 0 Å². The van der Waals surface area contributed by atoms with Gasteiger partial charge in [0.2, 0.25) is 0 Å². The number of amides is 1. The summed E-state index contributed by atoms with van der Waals surface area (Å²) in [5.41, 5.74) is 1.75. The van der Waals surface area contributed by atoms with Crippen LogP contribution in [0.1, 0.15) is 21.5 Å². The van der Waals surface area contributed by atoms with E-state index in [1.54, 1.807) is 24.5 Å². The van der Waals surface area contributed by atoms with Crippen molar-refractivity contribution in [2.24, 2.45) is 0 Å². The Balaban J connectivity index is 1.59. The summed E-state index contributed by atoms with van der Waals surface area (Å²) in [5.74, 6) is 0.235. The highest BCUT2D eigenvalue weighted by Crippen LogP contribution is 2.23. The van der Waals surface area contributed by atoms with Gasteiger partial charge in [0.15, 0.2) is 11.6 Å². The molecule has 0 aliphatic carbocycles. The van der Waals surface area contributed by atoms with Gasteiger partial charge in [-0.3, -0.25) is 9.78 Å². The smallest absolute Gasteiger partial charge is 0.411 e. The highest BCUT2D eigenvalue weighted by Gasteiger charge is 2.27. The van der Waals surface area contributed by atoms with Gasteiger partial charge in [-0.05, 0) is 47.5 Å². The first kappa shape index (κ1) is 21.3. The molecular formula is C21H18F3N3O3. The van der Waals surface area contributed by atoms with E-state index < -0.39 is 18.7 Å². The van der Waals surface area contributed by atoms with Crippen molar-refractivity contribution in [3.8, 4) is 5.75 Å². The summed E-state index contributed by atoms with van der Waals surface area (Å²) < 4.78 is 46.7. The summed E-state index contributed by atoms with van der Waals surface area (Å²) in [6.45, 7) is -1.24. The predicted molar refractivity (Wildman–Crippen MR) is 103 cm³/mol. The summed E-state index contributed by atoms with van der Waals surface area (Å²) in [5, 5.41) is 2.68. The zero-order valence-electron chi connectivity index (χ0n) is 15.7. The Morgan fingerprint density at radius 3 is 2.33 bits per heavy atom. The van der Waals surface area contributed by atoms with Crippen molar-refractivity contribution < 1.29 is 27.4 Å².